The maximum absolute atomic E-state index is 13.1. The van der Waals surface area contributed by atoms with Gasteiger partial charge >= 0.3 is 0 Å². The molecule has 4 rings (SSSR count). The van der Waals surface area contributed by atoms with Crippen LogP contribution in [0.5, 0.6) is 17.2 Å². The number of thioether (sulfide) groups is 1. The van der Waals surface area contributed by atoms with Gasteiger partial charge in [0.2, 0.25) is 5.75 Å². The standard InChI is InChI=1S/C27H38N6O4S/c1-6-35-21-15-19(16-22(36-7-2)23(21)37-8-3)26(34)28-11-14-33-25-20(17-29-33)24(32-12-9-10-13-32)30-27(31-25)38-18(4)5/h15-18H,6-14H2,1-5H3,(H,28,34). The molecule has 1 aliphatic heterocycles. The summed E-state index contributed by atoms with van der Waals surface area (Å²) in [6.45, 7) is 14.1. The minimum absolute atomic E-state index is 0.227. The summed E-state index contributed by atoms with van der Waals surface area (Å²) in [6.07, 6.45) is 4.17. The van der Waals surface area contributed by atoms with E-state index in [0.29, 0.717) is 61.0 Å². The molecule has 1 aromatic carbocycles. The summed E-state index contributed by atoms with van der Waals surface area (Å²) >= 11 is 1.65. The number of anilines is 1. The third kappa shape index (κ3) is 6.43. The van der Waals surface area contributed by atoms with Crippen molar-refractivity contribution in [2.45, 2.75) is 64.4 Å². The van der Waals surface area contributed by atoms with Gasteiger partial charge in [0.1, 0.15) is 5.82 Å². The Bertz CT molecular complexity index is 1210. The summed E-state index contributed by atoms with van der Waals surface area (Å²) in [5, 5.41) is 9.66. The Kier molecular flexibility index (Phi) is 9.54. The smallest absolute Gasteiger partial charge is 0.251 e. The predicted octanol–water partition coefficient (Wildman–Crippen LogP) is 4.55. The normalized spacial score (nSPS) is 13.4. The first kappa shape index (κ1) is 27.8. The van der Waals surface area contributed by atoms with Gasteiger partial charge in [-0.15, -0.1) is 0 Å². The molecule has 0 bridgehead atoms. The van der Waals surface area contributed by atoms with Crippen molar-refractivity contribution in [3.63, 3.8) is 0 Å². The fraction of sp³-hybridized carbons (Fsp3) is 0.556. The van der Waals surface area contributed by atoms with Crippen LogP contribution in [0.3, 0.4) is 0 Å². The SMILES string of the molecule is CCOc1cc(C(=O)NCCn2ncc3c(N4CCCC4)nc(SC(C)C)nc32)cc(OCC)c1OCC. The molecule has 3 heterocycles. The van der Waals surface area contributed by atoms with Crippen LogP contribution >= 0.6 is 11.8 Å². The van der Waals surface area contributed by atoms with Gasteiger partial charge in [-0.2, -0.15) is 5.10 Å². The minimum atomic E-state index is -0.227. The summed E-state index contributed by atoms with van der Waals surface area (Å²) < 4.78 is 19.1. The van der Waals surface area contributed by atoms with Crippen molar-refractivity contribution in [3.05, 3.63) is 23.9 Å². The average molecular weight is 543 g/mol. The highest BCUT2D eigenvalue weighted by atomic mass is 32.2. The number of nitrogens with zero attached hydrogens (tertiary/aromatic N) is 5. The Balaban J connectivity index is 1.52. The summed E-state index contributed by atoms with van der Waals surface area (Å²) in [5.41, 5.74) is 1.23. The predicted molar refractivity (Wildman–Crippen MR) is 150 cm³/mol. The van der Waals surface area contributed by atoms with Crippen LogP contribution in [0.25, 0.3) is 11.0 Å². The molecule has 1 N–H and O–H groups in total. The minimum Gasteiger partial charge on any atom is -0.490 e. The van der Waals surface area contributed by atoms with Crippen molar-refractivity contribution < 1.29 is 19.0 Å². The molecule has 0 radical (unpaired) electrons. The zero-order chi connectivity index (χ0) is 27.1. The number of hydrogen-bond donors (Lipinski definition) is 1. The highest BCUT2D eigenvalue weighted by molar-refractivity contribution is 7.99. The van der Waals surface area contributed by atoms with Gasteiger partial charge < -0.3 is 24.4 Å². The van der Waals surface area contributed by atoms with Gasteiger partial charge in [0, 0.05) is 30.4 Å². The van der Waals surface area contributed by atoms with Crippen LogP contribution in [-0.2, 0) is 6.54 Å². The lowest BCUT2D eigenvalue weighted by atomic mass is 10.1. The Morgan fingerprint density at radius 1 is 1.03 bits per heavy atom. The summed E-state index contributed by atoms with van der Waals surface area (Å²) in [4.78, 5) is 25.1. The summed E-state index contributed by atoms with van der Waals surface area (Å²) in [6, 6.07) is 3.39. The second-order valence-electron chi connectivity index (χ2n) is 9.15. The number of hydrogen-bond acceptors (Lipinski definition) is 9. The molecule has 11 heteroatoms. The van der Waals surface area contributed by atoms with Gasteiger partial charge in [-0.3, -0.25) is 4.79 Å². The number of rotatable bonds is 13. The highest BCUT2D eigenvalue weighted by Crippen LogP contribution is 2.39. The van der Waals surface area contributed by atoms with Crippen LogP contribution in [-0.4, -0.2) is 70.4 Å². The third-order valence-corrected chi connectivity index (χ3v) is 6.85. The van der Waals surface area contributed by atoms with Gasteiger partial charge in [-0.25, -0.2) is 14.6 Å². The fourth-order valence-corrected chi connectivity index (χ4v) is 5.12. The van der Waals surface area contributed by atoms with E-state index in [-0.39, 0.29) is 5.91 Å². The molecule has 38 heavy (non-hydrogen) atoms. The zero-order valence-electron chi connectivity index (χ0n) is 23.0. The molecule has 1 amide bonds. The highest BCUT2D eigenvalue weighted by Gasteiger charge is 2.22. The van der Waals surface area contributed by atoms with Gasteiger partial charge in [0.25, 0.3) is 5.91 Å². The molecule has 1 fully saturated rings. The van der Waals surface area contributed by atoms with Gasteiger partial charge in [0.15, 0.2) is 22.3 Å². The number of aromatic nitrogens is 4. The molecular formula is C27H38N6O4S. The molecule has 0 unspecified atom stereocenters. The maximum atomic E-state index is 13.1. The van der Waals surface area contributed by atoms with E-state index in [0.717, 1.165) is 35.1 Å². The first-order valence-corrected chi connectivity index (χ1v) is 14.3. The molecule has 1 aliphatic rings. The van der Waals surface area contributed by atoms with Crippen LogP contribution < -0.4 is 24.4 Å². The first-order valence-electron chi connectivity index (χ1n) is 13.4. The molecule has 2 aromatic heterocycles. The lowest BCUT2D eigenvalue weighted by Crippen LogP contribution is -2.27. The van der Waals surface area contributed by atoms with Crippen LogP contribution in [0.2, 0.25) is 0 Å². The van der Waals surface area contributed by atoms with E-state index in [1.54, 1.807) is 23.9 Å². The second-order valence-corrected chi connectivity index (χ2v) is 10.7. The largest absolute Gasteiger partial charge is 0.490 e. The molecule has 0 atom stereocenters. The van der Waals surface area contributed by atoms with E-state index >= 15 is 0 Å². The van der Waals surface area contributed by atoms with Crippen molar-refractivity contribution in [1.82, 2.24) is 25.1 Å². The molecule has 0 spiro atoms. The molecular weight excluding hydrogens is 504 g/mol. The van der Waals surface area contributed by atoms with E-state index < -0.39 is 0 Å². The first-order chi connectivity index (χ1) is 18.4. The molecule has 206 valence electrons. The van der Waals surface area contributed by atoms with Gasteiger partial charge in [-0.05, 0) is 45.7 Å². The zero-order valence-corrected chi connectivity index (χ0v) is 23.8. The number of nitrogens with one attached hydrogen (secondary N) is 1. The number of benzene rings is 1. The van der Waals surface area contributed by atoms with E-state index in [2.05, 4.69) is 29.2 Å². The summed E-state index contributed by atoms with van der Waals surface area (Å²) in [5.74, 6) is 2.22. The Morgan fingerprint density at radius 2 is 1.68 bits per heavy atom. The van der Waals surface area contributed by atoms with Crippen molar-refractivity contribution in [3.8, 4) is 17.2 Å². The number of amides is 1. The van der Waals surface area contributed by atoms with Gasteiger partial charge in [-0.1, -0.05) is 25.6 Å². The van der Waals surface area contributed by atoms with E-state index in [1.807, 2.05) is 31.6 Å². The van der Waals surface area contributed by atoms with Crippen LogP contribution in [0.15, 0.2) is 23.5 Å². The molecule has 0 aliphatic carbocycles. The molecule has 1 saturated heterocycles. The Hall–Kier alpha value is -3.21. The van der Waals surface area contributed by atoms with E-state index in [1.165, 1.54) is 12.8 Å². The van der Waals surface area contributed by atoms with Crippen molar-refractivity contribution >= 4 is 34.5 Å². The van der Waals surface area contributed by atoms with Gasteiger partial charge in [0.05, 0.1) is 37.9 Å². The van der Waals surface area contributed by atoms with Crippen LogP contribution in [0, 0.1) is 0 Å². The lowest BCUT2D eigenvalue weighted by molar-refractivity contribution is 0.0951. The number of ether oxygens (including phenoxy) is 3. The van der Waals surface area contributed by atoms with Crippen LogP contribution in [0.4, 0.5) is 5.82 Å². The molecule has 0 saturated carbocycles. The van der Waals surface area contributed by atoms with E-state index in [4.69, 9.17) is 24.2 Å². The number of fused-ring (bicyclic) bond motifs is 1. The fourth-order valence-electron chi connectivity index (χ4n) is 4.42. The monoisotopic (exact) mass is 542 g/mol. The molecule has 10 nitrogen and oxygen atoms in total. The number of carbonyl (C=O) groups is 1. The number of carbonyl (C=O) groups excluding carboxylic acids is 1. The second kappa shape index (κ2) is 13.0. The summed E-state index contributed by atoms with van der Waals surface area (Å²) in [7, 11) is 0. The average Bonchev–Trinajstić information content (AvgIpc) is 3.56. The molecule has 3 aromatic rings. The van der Waals surface area contributed by atoms with Crippen molar-refractivity contribution in [1.29, 1.82) is 0 Å². The Morgan fingerprint density at radius 3 is 2.29 bits per heavy atom. The Labute approximate surface area is 228 Å². The topological polar surface area (TPSA) is 104 Å². The van der Waals surface area contributed by atoms with Crippen molar-refractivity contribution in [2.75, 3.05) is 44.4 Å². The van der Waals surface area contributed by atoms with E-state index in [9.17, 15) is 4.79 Å². The quantitative estimate of drug-likeness (QED) is 0.246. The van der Waals surface area contributed by atoms with Crippen molar-refractivity contribution in [2.24, 2.45) is 0 Å². The maximum Gasteiger partial charge on any atom is 0.251 e. The third-order valence-electron chi connectivity index (χ3n) is 5.98. The van der Waals surface area contributed by atoms with Crippen LogP contribution in [0.1, 0.15) is 57.8 Å². The lowest BCUT2D eigenvalue weighted by Gasteiger charge is -2.18.